The largest absolute Gasteiger partial charge is 0.493 e. The van der Waals surface area contributed by atoms with Crippen molar-refractivity contribution in [1.29, 1.82) is 0 Å². The van der Waals surface area contributed by atoms with Gasteiger partial charge < -0.3 is 15.0 Å². The van der Waals surface area contributed by atoms with Crippen molar-refractivity contribution in [3.05, 3.63) is 77.9 Å². The quantitative estimate of drug-likeness (QED) is 0.624. The lowest BCUT2D eigenvalue weighted by Gasteiger charge is -2.35. The Labute approximate surface area is 188 Å². The summed E-state index contributed by atoms with van der Waals surface area (Å²) in [4.78, 5) is 29.4. The topological polar surface area (TPSA) is 61.9 Å². The number of hydrogen-bond acceptors (Lipinski definition) is 4. The summed E-state index contributed by atoms with van der Waals surface area (Å²) in [5.74, 6) is 0.177. The molecule has 1 heterocycles. The molecule has 0 unspecified atom stereocenters. The standard InChI is InChI=1S/C26H29N3O3/c1-2-32-24-13-6-5-12-23(24)26(31)27-18-25(30)29-16-14-28(15-17-29)19-21-10-7-9-20-8-3-4-11-22(20)21/h3-13H,2,14-19H2,1H3,(H,27,31). The maximum atomic E-state index is 12.6. The molecule has 4 rings (SSSR count). The van der Waals surface area contributed by atoms with Gasteiger partial charge in [0.1, 0.15) is 5.75 Å². The molecule has 1 N–H and O–H groups in total. The van der Waals surface area contributed by atoms with E-state index in [0.717, 1.165) is 19.6 Å². The Balaban J connectivity index is 1.28. The first-order valence-corrected chi connectivity index (χ1v) is 11.1. The number of nitrogens with one attached hydrogen (secondary N) is 1. The minimum Gasteiger partial charge on any atom is -0.493 e. The number of para-hydroxylation sites is 1. The minimum atomic E-state index is -0.294. The first-order valence-electron chi connectivity index (χ1n) is 11.1. The van der Waals surface area contributed by atoms with Crippen LogP contribution in [0, 0.1) is 0 Å². The zero-order valence-electron chi connectivity index (χ0n) is 18.4. The fourth-order valence-corrected chi connectivity index (χ4v) is 4.13. The first kappa shape index (κ1) is 21.8. The van der Waals surface area contributed by atoms with Gasteiger partial charge in [-0.2, -0.15) is 0 Å². The predicted octanol–water partition coefficient (Wildman–Crippen LogP) is 3.31. The lowest BCUT2D eigenvalue weighted by molar-refractivity contribution is -0.131. The third-order valence-corrected chi connectivity index (χ3v) is 5.83. The van der Waals surface area contributed by atoms with Gasteiger partial charge in [0.05, 0.1) is 18.7 Å². The molecule has 166 valence electrons. The molecule has 0 bridgehead atoms. The van der Waals surface area contributed by atoms with Crippen molar-refractivity contribution in [1.82, 2.24) is 15.1 Å². The molecule has 1 aliphatic rings. The van der Waals surface area contributed by atoms with Gasteiger partial charge in [0, 0.05) is 32.7 Å². The number of fused-ring (bicyclic) bond motifs is 1. The van der Waals surface area contributed by atoms with E-state index in [0.29, 0.717) is 31.0 Å². The zero-order valence-corrected chi connectivity index (χ0v) is 18.4. The van der Waals surface area contributed by atoms with Gasteiger partial charge in [-0.15, -0.1) is 0 Å². The highest BCUT2D eigenvalue weighted by atomic mass is 16.5. The van der Waals surface area contributed by atoms with Crippen LogP contribution in [0.15, 0.2) is 66.7 Å². The second-order valence-corrected chi connectivity index (χ2v) is 7.91. The number of piperazine rings is 1. The van der Waals surface area contributed by atoms with E-state index in [2.05, 4.69) is 52.7 Å². The van der Waals surface area contributed by atoms with Gasteiger partial charge in [-0.25, -0.2) is 0 Å². The first-order chi connectivity index (χ1) is 15.7. The summed E-state index contributed by atoms with van der Waals surface area (Å²) < 4.78 is 5.51. The number of hydrogen-bond donors (Lipinski definition) is 1. The molecule has 0 spiro atoms. The molecule has 3 aromatic rings. The summed E-state index contributed by atoms with van der Waals surface area (Å²) in [5.41, 5.74) is 1.75. The lowest BCUT2D eigenvalue weighted by Crippen LogP contribution is -2.50. The molecular formula is C26H29N3O3. The Kier molecular flexibility index (Phi) is 7.02. The number of carbonyl (C=O) groups is 2. The van der Waals surface area contributed by atoms with Crippen LogP contribution in [-0.2, 0) is 11.3 Å². The summed E-state index contributed by atoms with van der Waals surface area (Å²) in [6, 6.07) is 21.9. The van der Waals surface area contributed by atoms with Crippen LogP contribution in [0.25, 0.3) is 10.8 Å². The van der Waals surface area contributed by atoms with Crippen LogP contribution in [0.1, 0.15) is 22.8 Å². The second-order valence-electron chi connectivity index (χ2n) is 7.91. The maximum Gasteiger partial charge on any atom is 0.255 e. The number of carbonyl (C=O) groups excluding carboxylic acids is 2. The number of rotatable bonds is 7. The normalized spacial score (nSPS) is 14.3. The number of nitrogens with zero attached hydrogens (tertiary/aromatic N) is 2. The number of benzene rings is 3. The Morgan fingerprint density at radius 2 is 1.62 bits per heavy atom. The molecule has 3 aromatic carbocycles. The van der Waals surface area contributed by atoms with E-state index < -0.39 is 0 Å². The molecule has 6 nitrogen and oxygen atoms in total. The van der Waals surface area contributed by atoms with E-state index in [-0.39, 0.29) is 18.4 Å². The highest BCUT2D eigenvalue weighted by molar-refractivity contribution is 5.98. The van der Waals surface area contributed by atoms with Crippen LogP contribution < -0.4 is 10.1 Å². The van der Waals surface area contributed by atoms with Gasteiger partial charge >= 0.3 is 0 Å². The fraction of sp³-hybridized carbons (Fsp3) is 0.308. The van der Waals surface area contributed by atoms with Crippen molar-refractivity contribution in [3.8, 4) is 5.75 Å². The van der Waals surface area contributed by atoms with Crippen LogP contribution in [0.3, 0.4) is 0 Å². The van der Waals surface area contributed by atoms with Crippen molar-refractivity contribution >= 4 is 22.6 Å². The molecule has 1 fully saturated rings. The summed E-state index contributed by atoms with van der Waals surface area (Å²) in [6.07, 6.45) is 0. The van der Waals surface area contributed by atoms with Gasteiger partial charge in [-0.3, -0.25) is 14.5 Å². The number of ether oxygens (including phenoxy) is 1. The third-order valence-electron chi connectivity index (χ3n) is 5.83. The van der Waals surface area contributed by atoms with Crippen molar-refractivity contribution in [2.45, 2.75) is 13.5 Å². The van der Waals surface area contributed by atoms with Crippen LogP contribution in [0.5, 0.6) is 5.75 Å². The van der Waals surface area contributed by atoms with Crippen LogP contribution in [0.4, 0.5) is 0 Å². The van der Waals surface area contributed by atoms with E-state index in [1.54, 1.807) is 18.2 Å². The van der Waals surface area contributed by atoms with Gasteiger partial charge in [-0.1, -0.05) is 54.6 Å². The Morgan fingerprint density at radius 1 is 0.906 bits per heavy atom. The molecule has 2 amide bonds. The lowest BCUT2D eigenvalue weighted by atomic mass is 10.0. The molecule has 0 aromatic heterocycles. The molecular weight excluding hydrogens is 402 g/mol. The second kappa shape index (κ2) is 10.3. The van der Waals surface area contributed by atoms with E-state index in [4.69, 9.17) is 4.74 Å². The average molecular weight is 432 g/mol. The predicted molar refractivity (Wildman–Crippen MR) is 126 cm³/mol. The summed E-state index contributed by atoms with van der Waals surface area (Å²) in [7, 11) is 0. The van der Waals surface area contributed by atoms with Gasteiger partial charge in [-0.05, 0) is 35.4 Å². The molecule has 1 aliphatic heterocycles. The molecule has 1 saturated heterocycles. The molecule has 0 radical (unpaired) electrons. The van der Waals surface area contributed by atoms with Gasteiger partial charge in [0.25, 0.3) is 5.91 Å². The van der Waals surface area contributed by atoms with E-state index in [1.165, 1.54) is 16.3 Å². The fourth-order valence-electron chi connectivity index (χ4n) is 4.13. The summed E-state index contributed by atoms with van der Waals surface area (Å²) >= 11 is 0. The SMILES string of the molecule is CCOc1ccccc1C(=O)NCC(=O)N1CCN(Cc2cccc3ccccc23)CC1. The minimum absolute atomic E-state index is 0.0113. The van der Waals surface area contributed by atoms with E-state index >= 15 is 0 Å². The molecule has 0 saturated carbocycles. The maximum absolute atomic E-state index is 12.6. The third kappa shape index (κ3) is 5.08. The molecule has 6 heteroatoms. The summed E-state index contributed by atoms with van der Waals surface area (Å²) in [6.45, 7) is 6.16. The van der Waals surface area contributed by atoms with Crippen molar-refractivity contribution < 1.29 is 14.3 Å². The van der Waals surface area contributed by atoms with E-state index in [1.807, 2.05) is 17.9 Å². The zero-order chi connectivity index (χ0) is 22.3. The molecule has 32 heavy (non-hydrogen) atoms. The Hall–Kier alpha value is -3.38. The Bertz CT molecular complexity index is 1090. The van der Waals surface area contributed by atoms with Crippen LogP contribution in [0.2, 0.25) is 0 Å². The Morgan fingerprint density at radius 3 is 2.44 bits per heavy atom. The smallest absolute Gasteiger partial charge is 0.255 e. The van der Waals surface area contributed by atoms with Gasteiger partial charge in [0.15, 0.2) is 0 Å². The molecule has 0 atom stereocenters. The highest BCUT2D eigenvalue weighted by Crippen LogP contribution is 2.21. The monoisotopic (exact) mass is 431 g/mol. The summed E-state index contributed by atoms with van der Waals surface area (Å²) in [5, 5.41) is 5.27. The highest BCUT2D eigenvalue weighted by Gasteiger charge is 2.22. The van der Waals surface area contributed by atoms with Crippen LogP contribution in [-0.4, -0.2) is 60.9 Å². The van der Waals surface area contributed by atoms with Crippen molar-refractivity contribution in [2.24, 2.45) is 0 Å². The average Bonchev–Trinajstić information content (AvgIpc) is 2.83. The van der Waals surface area contributed by atoms with Crippen molar-refractivity contribution in [3.63, 3.8) is 0 Å². The van der Waals surface area contributed by atoms with Gasteiger partial charge in [0.2, 0.25) is 5.91 Å². The van der Waals surface area contributed by atoms with Crippen LogP contribution >= 0.6 is 0 Å². The van der Waals surface area contributed by atoms with E-state index in [9.17, 15) is 9.59 Å². The van der Waals surface area contributed by atoms with Crippen molar-refractivity contribution in [2.75, 3.05) is 39.3 Å². The number of amides is 2. The molecule has 0 aliphatic carbocycles.